The highest BCUT2D eigenvalue weighted by Crippen LogP contribution is 2.23. The van der Waals surface area contributed by atoms with Crippen LogP contribution in [0.4, 0.5) is 0 Å². The standard InChI is InChI=1S/C14H19BN2O2/c1-14(2)9-18-15(19-10-14)8-13-16-11-6-4-5-7-12(11)17(13)3/h4-7H,8-10H2,1-3H3. The first-order valence-corrected chi connectivity index (χ1v) is 6.69. The summed E-state index contributed by atoms with van der Waals surface area (Å²) in [5, 5.41) is 0. The number of rotatable bonds is 2. The summed E-state index contributed by atoms with van der Waals surface area (Å²) in [6.45, 7) is 5.78. The first kappa shape index (κ1) is 12.7. The summed E-state index contributed by atoms with van der Waals surface area (Å²) in [5.41, 5.74) is 2.29. The lowest BCUT2D eigenvalue weighted by atomic mass is 9.80. The Bertz CT molecular complexity index is 584. The van der Waals surface area contributed by atoms with Gasteiger partial charge in [0.2, 0.25) is 0 Å². The molecule has 0 N–H and O–H groups in total. The van der Waals surface area contributed by atoms with Gasteiger partial charge in [-0.1, -0.05) is 26.0 Å². The molecule has 0 aliphatic carbocycles. The van der Waals surface area contributed by atoms with E-state index in [0.29, 0.717) is 6.32 Å². The molecule has 19 heavy (non-hydrogen) atoms. The number of imidazole rings is 1. The predicted molar refractivity (Wildman–Crippen MR) is 75.9 cm³/mol. The maximum absolute atomic E-state index is 5.77. The number of aryl methyl sites for hydroxylation is 1. The van der Waals surface area contributed by atoms with Crippen molar-refractivity contribution in [3.05, 3.63) is 30.1 Å². The number of para-hydroxylation sites is 2. The molecule has 1 saturated heterocycles. The second-order valence-electron chi connectivity index (χ2n) is 6.00. The molecule has 1 aliphatic rings. The third-order valence-electron chi connectivity index (χ3n) is 3.55. The molecule has 0 saturated carbocycles. The van der Waals surface area contributed by atoms with Gasteiger partial charge in [-0.05, 0) is 12.1 Å². The van der Waals surface area contributed by atoms with E-state index < -0.39 is 0 Å². The van der Waals surface area contributed by atoms with E-state index in [9.17, 15) is 0 Å². The molecule has 0 spiro atoms. The van der Waals surface area contributed by atoms with Crippen LogP contribution in [0.3, 0.4) is 0 Å². The molecule has 1 aromatic heterocycles. The van der Waals surface area contributed by atoms with E-state index in [2.05, 4.69) is 29.5 Å². The van der Waals surface area contributed by atoms with Gasteiger partial charge in [-0.2, -0.15) is 0 Å². The molecule has 2 heterocycles. The van der Waals surface area contributed by atoms with Crippen molar-refractivity contribution in [2.24, 2.45) is 12.5 Å². The topological polar surface area (TPSA) is 36.3 Å². The Hall–Kier alpha value is -1.33. The zero-order valence-corrected chi connectivity index (χ0v) is 11.7. The van der Waals surface area contributed by atoms with Gasteiger partial charge in [-0.25, -0.2) is 4.98 Å². The SMILES string of the molecule is Cn1c(CB2OCC(C)(C)CO2)nc2ccccc21. The second-order valence-corrected chi connectivity index (χ2v) is 6.00. The number of nitrogens with zero attached hydrogens (tertiary/aromatic N) is 2. The molecule has 0 radical (unpaired) electrons. The summed E-state index contributed by atoms with van der Waals surface area (Å²) in [6.07, 6.45) is 0.696. The molecular formula is C14H19BN2O2. The van der Waals surface area contributed by atoms with Gasteiger partial charge in [0.05, 0.1) is 11.0 Å². The van der Waals surface area contributed by atoms with Crippen molar-refractivity contribution in [2.75, 3.05) is 13.2 Å². The van der Waals surface area contributed by atoms with Crippen LogP contribution in [0.1, 0.15) is 19.7 Å². The zero-order chi connectivity index (χ0) is 13.5. The van der Waals surface area contributed by atoms with Crippen molar-refractivity contribution in [3.8, 4) is 0 Å². The Labute approximate surface area is 113 Å². The molecule has 0 bridgehead atoms. The maximum Gasteiger partial charge on any atom is 0.464 e. The Morgan fingerprint density at radius 3 is 2.63 bits per heavy atom. The minimum atomic E-state index is -0.177. The van der Waals surface area contributed by atoms with E-state index in [1.165, 1.54) is 0 Å². The average molecular weight is 258 g/mol. The first-order valence-electron chi connectivity index (χ1n) is 6.69. The monoisotopic (exact) mass is 258 g/mol. The summed E-state index contributed by atoms with van der Waals surface area (Å²) in [4.78, 5) is 4.65. The molecule has 1 fully saturated rings. The van der Waals surface area contributed by atoms with E-state index in [4.69, 9.17) is 9.31 Å². The smallest absolute Gasteiger partial charge is 0.410 e. The van der Waals surface area contributed by atoms with Crippen LogP contribution < -0.4 is 0 Å². The van der Waals surface area contributed by atoms with Gasteiger partial charge in [0.15, 0.2) is 0 Å². The van der Waals surface area contributed by atoms with Crippen molar-refractivity contribution in [2.45, 2.75) is 20.2 Å². The Morgan fingerprint density at radius 2 is 1.95 bits per heavy atom. The quantitative estimate of drug-likeness (QED) is 0.775. The van der Waals surface area contributed by atoms with Crippen LogP contribution in [0.2, 0.25) is 0 Å². The van der Waals surface area contributed by atoms with Crippen molar-refractivity contribution in [1.29, 1.82) is 0 Å². The summed E-state index contributed by atoms with van der Waals surface area (Å²) in [7, 11) is 1.86. The number of fused-ring (bicyclic) bond motifs is 1. The van der Waals surface area contributed by atoms with E-state index in [0.717, 1.165) is 30.1 Å². The molecule has 4 nitrogen and oxygen atoms in total. The van der Waals surface area contributed by atoms with Crippen molar-refractivity contribution < 1.29 is 9.31 Å². The predicted octanol–water partition coefficient (Wildman–Crippen LogP) is 2.22. The highest BCUT2D eigenvalue weighted by molar-refractivity contribution is 6.43. The van der Waals surface area contributed by atoms with Crippen molar-refractivity contribution >= 4 is 18.2 Å². The van der Waals surface area contributed by atoms with Gasteiger partial charge in [-0.3, -0.25) is 0 Å². The van der Waals surface area contributed by atoms with E-state index in [-0.39, 0.29) is 12.5 Å². The summed E-state index contributed by atoms with van der Waals surface area (Å²) in [5.74, 6) is 1.01. The van der Waals surface area contributed by atoms with Gasteiger partial charge >= 0.3 is 7.12 Å². The highest BCUT2D eigenvalue weighted by atomic mass is 16.6. The average Bonchev–Trinajstić information content (AvgIpc) is 2.70. The molecule has 0 atom stereocenters. The molecule has 2 aromatic rings. The molecule has 1 aromatic carbocycles. The Balaban J connectivity index is 1.77. The number of benzene rings is 1. The normalized spacial score (nSPS) is 19.0. The minimum absolute atomic E-state index is 0.114. The van der Waals surface area contributed by atoms with Gasteiger partial charge in [-0.15, -0.1) is 0 Å². The lowest BCUT2D eigenvalue weighted by Crippen LogP contribution is -2.42. The number of aromatic nitrogens is 2. The third kappa shape index (κ3) is 2.53. The Morgan fingerprint density at radius 1 is 1.26 bits per heavy atom. The van der Waals surface area contributed by atoms with Gasteiger partial charge in [0, 0.05) is 32.0 Å². The fourth-order valence-electron chi connectivity index (χ4n) is 2.37. The molecule has 3 rings (SSSR count). The third-order valence-corrected chi connectivity index (χ3v) is 3.55. The summed E-state index contributed by atoms with van der Waals surface area (Å²) < 4.78 is 13.7. The van der Waals surface area contributed by atoms with Crippen molar-refractivity contribution in [3.63, 3.8) is 0 Å². The first-order chi connectivity index (χ1) is 9.05. The lowest BCUT2D eigenvalue weighted by Gasteiger charge is -2.32. The lowest BCUT2D eigenvalue weighted by molar-refractivity contribution is 0.0275. The molecule has 1 aliphatic heterocycles. The van der Waals surface area contributed by atoms with Crippen LogP contribution in [0, 0.1) is 5.41 Å². The largest absolute Gasteiger partial charge is 0.464 e. The molecule has 0 amide bonds. The van der Waals surface area contributed by atoms with E-state index in [1.807, 2.05) is 25.2 Å². The fourth-order valence-corrected chi connectivity index (χ4v) is 2.37. The molecular weight excluding hydrogens is 239 g/mol. The van der Waals surface area contributed by atoms with Crippen LogP contribution in [0.25, 0.3) is 11.0 Å². The van der Waals surface area contributed by atoms with Crippen LogP contribution in [-0.4, -0.2) is 29.9 Å². The second kappa shape index (κ2) is 4.65. The molecule has 100 valence electrons. The zero-order valence-electron chi connectivity index (χ0n) is 11.7. The van der Waals surface area contributed by atoms with Crippen molar-refractivity contribution in [1.82, 2.24) is 9.55 Å². The van der Waals surface area contributed by atoms with Crippen LogP contribution >= 0.6 is 0 Å². The van der Waals surface area contributed by atoms with Crippen LogP contribution in [-0.2, 0) is 22.7 Å². The Kier molecular flexibility index (Phi) is 3.11. The summed E-state index contributed by atoms with van der Waals surface area (Å²) >= 11 is 0. The summed E-state index contributed by atoms with van der Waals surface area (Å²) in [6, 6.07) is 8.15. The minimum Gasteiger partial charge on any atom is -0.410 e. The van der Waals surface area contributed by atoms with E-state index >= 15 is 0 Å². The number of hydrogen-bond acceptors (Lipinski definition) is 3. The van der Waals surface area contributed by atoms with Gasteiger partial charge in [0.1, 0.15) is 5.82 Å². The highest BCUT2D eigenvalue weighted by Gasteiger charge is 2.33. The van der Waals surface area contributed by atoms with Crippen LogP contribution in [0.5, 0.6) is 0 Å². The number of hydrogen-bond donors (Lipinski definition) is 0. The van der Waals surface area contributed by atoms with E-state index in [1.54, 1.807) is 0 Å². The fraction of sp³-hybridized carbons (Fsp3) is 0.500. The molecule has 5 heteroatoms. The van der Waals surface area contributed by atoms with Crippen LogP contribution in [0.15, 0.2) is 24.3 Å². The maximum atomic E-state index is 5.77. The van der Waals surface area contributed by atoms with Gasteiger partial charge < -0.3 is 13.9 Å². The van der Waals surface area contributed by atoms with Gasteiger partial charge in [0.25, 0.3) is 0 Å². The molecule has 0 unspecified atom stereocenters.